The molecule has 3 rings (SSSR count). The summed E-state index contributed by atoms with van der Waals surface area (Å²) in [5, 5.41) is 10.3. The molecule has 0 bridgehead atoms. The fraction of sp³-hybridized carbons (Fsp3) is 0.286. The van der Waals surface area contributed by atoms with Crippen LogP contribution in [0.2, 0.25) is 0 Å². The van der Waals surface area contributed by atoms with Crippen LogP contribution in [0.3, 0.4) is 0 Å². The van der Waals surface area contributed by atoms with Crippen LogP contribution in [-0.4, -0.2) is 21.7 Å². The maximum absolute atomic E-state index is 11.3. The fourth-order valence-corrected chi connectivity index (χ4v) is 3.38. The van der Waals surface area contributed by atoms with Gasteiger partial charge in [0.25, 0.3) is 0 Å². The lowest BCUT2D eigenvalue weighted by Crippen LogP contribution is -2.32. The summed E-state index contributed by atoms with van der Waals surface area (Å²) in [5.41, 5.74) is 4.60. The summed E-state index contributed by atoms with van der Waals surface area (Å²) in [6, 6.07) is 15.9. The molecule has 26 heavy (non-hydrogen) atoms. The summed E-state index contributed by atoms with van der Waals surface area (Å²) < 4.78 is 2.17. The van der Waals surface area contributed by atoms with Gasteiger partial charge in [-0.3, -0.25) is 4.79 Å². The molecule has 2 N–H and O–H groups in total. The molecule has 0 aliphatic carbocycles. The maximum Gasteiger partial charge on any atom is 0.322 e. The van der Waals surface area contributed by atoms with Crippen LogP contribution in [-0.2, 0) is 17.8 Å². The predicted octanol–water partition coefficient (Wildman–Crippen LogP) is 4.55. The number of carboxylic acid groups (broad SMARTS) is 1. The number of fused-ring (bicyclic) bond motifs is 1. The number of carbonyl (C=O) groups is 1. The number of para-hydroxylation sites is 1. The Bertz CT molecular complexity index is 900. The second-order valence-corrected chi connectivity index (χ2v) is 7.12. The molecule has 0 spiro atoms. The zero-order chi connectivity index (χ0) is 18.7. The summed E-state index contributed by atoms with van der Waals surface area (Å²) >= 11 is 5.60. The minimum atomic E-state index is -0.957. The van der Waals surface area contributed by atoms with E-state index in [1.54, 1.807) is 0 Å². The standard InChI is InChI=1S/C21H23ClN2O2/c1-14(2)16-9-7-15(8-10-16)12-24-13-17(11-19(23-22)21(25)26)18-5-3-4-6-20(18)24/h3-10,13-14,19,23H,11-12H2,1-2H3,(H,25,26). The average Bonchev–Trinajstić information content (AvgIpc) is 2.97. The second kappa shape index (κ2) is 7.94. The molecule has 1 atom stereocenters. The van der Waals surface area contributed by atoms with E-state index in [0.717, 1.165) is 23.0 Å². The number of nitrogens with zero attached hydrogens (tertiary/aromatic N) is 1. The van der Waals surface area contributed by atoms with Gasteiger partial charge in [0.1, 0.15) is 6.04 Å². The van der Waals surface area contributed by atoms with Crippen molar-refractivity contribution in [2.75, 3.05) is 0 Å². The highest BCUT2D eigenvalue weighted by Gasteiger charge is 2.19. The molecule has 1 unspecified atom stereocenters. The molecule has 5 heteroatoms. The van der Waals surface area contributed by atoms with E-state index in [-0.39, 0.29) is 0 Å². The SMILES string of the molecule is CC(C)c1ccc(Cn2cc(CC(NCl)C(=O)O)c3ccccc32)cc1. The normalized spacial score (nSPS) is 12.6. The molecular weight excluding hydrogens is 348 g/mol. The molecule has 0 saturated heterocycles. The molecule has 2 aromatic carbocycles. The number of aliphatic carboxylic acids is 1. The van der Waals surface area contributed by atoms with Gasteiger partial charge in [-0.1, -0.05) is 56.3 Å². The van der Waals surface area contributed by atoms with Gasteiger partial charge in [-0.2, -0.15) is 0 Å². The molecule has 4 nitrogen and oxygen atoms in total. The number of hydrogen-bond donors (Lipinski definition) is 2. The van der Waals surface area contributed by atoms with Crippen molar-refractivity contribution in [3.8, 4) is 0 Å². The maximum atomic E-state index is 11.3. The van der Waals surface area contributed by atoms with Gasteiger partial charge in [0, 0.05) is 30.1 Å². The molecule has 0 aliphatic heterocycles. The number of halogens is 1. The summed E-state index contributed by atoms with van der Waals surface area (Å²) in [6.07, 6.45) is 2.36. The third-order valence-electron chi connectivity index (χ3n) is 4.72. The van der Waals surface area contributed by atoms with Crippen molar-refractivity contribution in [1.29, 1.82) is 0 Å². The van der Waals surface area contributed by atoms with Crippen LogP contribution in [0.5, 0.6) is 0 Å². The average molecular weight is 371 g/mol. The largest absolute Gasteiger partial charge is 0.480 e. The number of carboxylic acids is 1. The highest BCUT2D eigenvalue weighted by molar-refractivity contribution is 6.14. The molecule has 0 aliphatic rings. The third kappa shape index (κ3) is 3.92. The van der Waals surface area contributed by atoms with E-state index in [0.29, 0.717) is 12.3 Å². The van der Waals surface area contributed by atoms with Gasteiger partial charge in [0.2, 0.25) is 0 Å². The first kappa shape index (κ1) is 18.5. The Labute approximate surface area is 158 Å². The van der Waals surface area contributed by atoms with Crippen molar-refractivity contribution in [1.82, 2.24) is 9.40 Å². The van der Waals surface area contributed by atoms with Crippen LogP contribution in [0, 0.1) is 0 Å². The number of nitrogens with one attached hydrogen (secondary N) is 1. The highest BCUT2D eigenvalue weighted by Crippen LogP contribution is 2.24. The van der Waals surface area contributed by atoms with Crippen molar-refractivity contribution in [2.24, 2.45) is 0 Å². The van der Waals surface area contributed by atoms with Gasteiger partial charge in [-0.15, -0.1) is 0 Å². The first-order chi connectivity index (χ1) is 12.5. The van der Waals surface area contributed by atoms with Gasteiger partial charge in [0.15, 0.2) is 0 Å². The van der Waals surface area contributed by atoms with E-state index < -0.39 is 12.0 Å². The predicted molar refractivity (Wildman–Crippen MR) is 106 cm³/mol. The molecule has 1 aromatic heterocycles. The minimum Gasteiger partial charge on any atom is -0.480 e. The van der Waals surface area contributed by atoms with E-state index in [9.17, 15) is 9.90 Å². The fourth-order valence-electron chi connectivity index (χ4n) is 3.21. The lowest BCUT2D eigenvalue weighted by atomic mass is 10.0. The molecule has 3 aromatic rings. The van der Waals surface area contributed by atoms with Crippen molar-refractivity contribution in [2.45, 2.75) is 38.8 Å². The zero-order valence-corrected chi connectivity index (χ0v) is 15.7. The van der Waals surface area contributed by atoms with Crippen LogP contribution in [0.4, 0.5) is 0 Å². The lowest BCUT2D eigenvalue weighted by molar-refractivity contribution is -0.138. The topological polar surface area (TPSA) is 54.3 Å². The Morgan fingerprint density at radius 2 is 1.85 bits per heavy atom. The molecule has 0 saturated carbocycles. The van der Waals surface area contributed by atoms with Gasteiger partial charge >= 0.3 is 5.97 Å². The number of aromatic nitrogens is 1. The molecule has 0 radical (unpaired) electrons. The van der Waals surface area contributed by atoms with E-state index >= 15 is 0 Å². The van der Waals surface area contributed by atoms with Gasteiger partial charge < -0.3 is 9.67 Å². The summed E-state index contributed by atoms with van der Waals surface area (Å²) in [7, 11) is 0. The Hall–Kier alpha value is -2.30. The van der Waals surface area contributed by atoms with Crippen LogP contribution in [0.1, 0.15) is 36.5 Å². The molecular formula is C21H23ClN2O2. The summed E-state index contributed by atoms with van der Waals surface area (Å²) in [6.45, 7) is 5.11. The molecule has 0 fully saturated rings. The summed E-state index contributed by atoms with van der Waals surface area (Å²) in [4.78, 5) is 13.7. The van der Waals surface area contributed by atoms with E-state index in [4.69, 9.17) is 11.8 Å². The minimum absolute atomic E-state index is 0.332. The zero-order valence-electron chi connectivity index (χ0n) is 14.9. The van der Waals surface area contributed by atoms with Crippen LogP contribution in [0.15, 0.2) is 54.7 Å². The molecule has 136 valence electrons. The first-order valence-corrected chi connectivity index (χ1v) is 9.12. The van der Waals surface area contributed by atoms with Gasteiger partial charge in [-0.05, 0) is 40.5 Å². The van der Waals surface area contributed by atoms with E-state index in [2.05, 4.69) is 53.6 Å². The first-order valence-electron chi connectivity index (χ1n) is 8.74. The van der Waals surface area contributed by atoms with Gasteiger partial charge in [0.05, 0.1) is 0 Å². The van der Waals surface area contributed by atoms with Crippen molar-refractivity contribution in [3.05, 3.63) is 71.4 Å². The molecule has 0 amide bonds. The smallest absolute Gasteiger partial charge is 0.322 e. The lowest BCUT2D eigenvalue weighted by Gasteiger charge is -2.09. The number of benzene rings is 2. The summed E-state index contributed by atoms with van der Waals surface area (Å²) in [5.74, 6) is -0.444. The van der Waals surface area contributed by atoms with Crippen molar-refractivity contribution in [3.63, 3.8) is 0 Å². The number of hydrogen-bond acceptors (Lipinski definition) is 2. The Kier molecular flexibility index (Phi) is 5.64. The second-order valence-electron chi connectivity index (χ2n) is 6.90. The van der Waals surface area contributed by atoms with Crippen LogP contribution < -0.4 is 4.84 Å². The Morgan fingerprint density at radius 3 is 2.46 bits per heavy atom. The highest BCUT2D eigenvalue weighted by atomic mass is 35.5. The van der Waals surface area contributed by atoms with Crippen molar-refractivity contribution < 1.29 is 9.90 Å². The van der Waals surface area contributed by atoms with E-state index in [1.807, 2.05) is 24.4 Å². The van der Waals surface area contributed by atoms with Gasteiger partial charge in [-0.25, -0.2) is 4.84 Å². The monoisotopic (exact) mass is 370 g/mol. The number of rotatable bonds is 7. The quantitative estimate of drug-likeness (QED) is 0.600. The van der Waals surface area contributed by atoms with E-state index in [1.165, 1.54) is 11.1 Å². The van der Waals surface area contributed by atoms with Crippen LogP contribution >= 0.6 is 11.8 Å². The van der Waals surface area contributed by atoms with Crippen LogP contribution in [0.25, 0.3) is 10.9 Å². The van der Waals surface area contributed by atoms with Crippen molar-refractivity contribution >= 4 is 28.6 Å². The molecule has 1 heterocycles. The Morgan fingerprint density at radius 1 is 1.15 bits per heavy atom. The Balaban J connectivity index is 1.92. The third-order valence-corrected chi connectivity index (χ3v) is 4.99.